The Morgan fingerprint density at radius 1 is 1.32 bits per heavy atom. The zero-order chi connectivity index (χ0) is 16.1. The average Bonchev–Trinajstić information content (AvgIpc) is 2.47. The lowest BCUT2D eigenvalue weighted by molar-refractivity contribution is -0.114. The van der Waals surface area contributed by atoms with Gasteiger partial charge in [-0.05, 0) is 36.6 Å². The molecule has 1 fully saturated rings. The quantitative estimate of drug-likeness (QED) is 0.930. The maximum Gasteiger partial charge on any atom is 0.254 e. The molecule has 5 heteroatoms. The van der Waals surface area contributed by atoms with Crippen LogP contribution in [0.25, 0.3) is 0 Å². The van der Waals surface area contributed by atoms with Gasteiger partial charge in [0.25, 0.3) is 5.91 Å². The molecule has 0 saturated carbocycles. The van der Waals surface area contributed by atoms with Crippen molar-refractivity contribution in [2.75, 3.05) is 25.1 Å². The van der Waals surface area contributed by atoms with Gasteiger partial charge < -0.3 is 15.0 Å². The fourth-order valence-electron chi connectivity index (χ4n) is 2.73. The maximum absolute atomic E-state index is 12.7. The van der Waals surface area contributed by atoms with E-state index < -0.39 is 0 Å². The number of nitrogens with zero attached hydrogens (tertiary/aromatic N) is 1. The van der Waals surface area contributed by atoms with Gasteiger partial charge in [-0.1, -0.05) is 13.8 Å². The third kappa shape index (κ3) is 4.31. The largest absolute Gasteiger partial charge is 0.377 e. The van der Waals surface area contributed by atoms with Gasteiger partial charge in [-0.2, -0.15) is 0 Å². The van der Waals surface area contributed by atoms with E-state index in [0.29, 0.717) is 36.9 Å². The minimum atomic E-state index is -0.121. The van der Waals surface area contributed by atoms with Crippen molar-refractivity contribution in [2.45, 2.75) is 33.2 Å². The summed E-state index contributed by atoms with van der Waals surface area (Å²) in [5.41, 5.74) is 1.34. The van der Waals surface area contributed by atoms with Crippen LogP contribution in [0.3, 0.4) is 0 Å². The first kappa shape index (κ1) is 16.5. The lowest BCUT2D eigenvalue weighted by Crippen LogP contribution is -2.49. The minimum Gasteiger partial charge on any atom is -0.377 e. The normalized spacial score (nSPS) is 18.4. The highest BCUT2D eigenvalue weighted by atomic mass is 16.5. The molecule has 22 heavy (non-hydrogen) atoms. The van der Waals surface area contributed by atoms with Crippen molar-refractivity contribution < 1.29 is 14.3 Å². The number of anilines is 1. The first-order valence-corrected chi connectivity index (χ1v) is 7.73. The number of hydrogen-bond donors (Lipinski definition) is 1. The lowest BCUT2D eigenvalue weighted by atomic mass is 10.0. The van der Waals surface area contributed by atoms with E-state index in [4.69, 9.17) is 4.74 Å². The van der Waals surface area contributed by atoms with Crippen LogP contribution < -0.4 is 5.32 Å². The van der Waals surface area contributed by atoms with E-state index in [1.807, 2.05) is 4.90 Å². The van der Waals surface area contributed by atoms with Crippen LogP contribution in [0.4, 0.5) is 5.69 Å². The number of amides is 2. The van der Waals surface area contributed by atoms with Gasteiger partial charge in [0, 0.05) is 24.7 Å². The van der Waals surface area contributed by atoms with Gasteiger partial charge in [0.05, 0.1) is 19.3 Å². The Bertz CT molecular complexity index is 525. The van der Waals surface area contributed by atoms with Crippen molar-refractivity contribution in [2.24, 2.45) is 5.92 Å². The van der Waals surface area contributed by atoms with Gasteiger partial charge in [-0.15, -0.1) is 0 Å². The lowest BCUT2D eigenvalue weighted by Gasteiger charge is -2.36. The topological polar surface area (TPSA) is 58.6 Å². The first-order valence-electron chi connectivity index (χ1n) is 7.73. The molecule has 0 aliphatic carbocycles. The van der Waals surface area contributed by atoms with Crippen molar-refractivity contribution in [1.29, 1.82) is 0 Å². The third-order valence-corrected chi connectivity index (χ3v) is 3.68. The standard InChI is InChI=1S/C17H24N2O3/c1-12(2)10-16-11-22-9-8-19(16)17(21)14-4-6-15(7-5-14)18-13(3)20/h4-7,12,16H,8-11H2,1-3H3,(H,18,20)/t16-/m0/s1. The highest BCUT2D eigenvalue weighted by molar-refractivity contribution is 5.95. The number of ether oxygens (including phenoxy) is 1. The molecule has 0 aromatic heterocycles. The molecule has 1 aliphatic rings. The Morgan fingerprint density at radius 2 is 2.00 bits per heavy atom. The Balaban J connectivity index is 2.09. The van der Waals surface area contributed by atoms with E-state index in [1.54, 1.807) is 24.3 Å². The molecule has 1 saturated heterocycles. The summed E-state index contributed by atoms with van der Waals surface area (Å²) in [6.07, 6.45) is 0.940. The fraction of sp³-hybridized carbons (Fsp3) is 0.529. The summed E-state index contributed by atoms with van der Waals surface area (Å²) in [4.78, 5) is 25.6. The number of rotatable bonds is 4. The summed E-state index contributed by atoms with van der Waals surface area (Å²) in [6, 6.07) is 7.17. The molecule has 1 heterocycles. The van der Waals surface area contributed by atoms with Gasteiger partial charge in [0.2, 0.25) is 5.91 Å². The van der Waals surface area contributed by atoms with Gasteiger partial charge in [-0.25, -0.2) is 0 Å². The van der Waals surface area contributed by atoms with E-state index in [-0.39, 0.29) is 17.9 Å². The number of carbonyl (C=O) groups excluding carboxylic acids is 2. The molecular formula is C17H24N2O3. The molecule has 0 radical (unpaired) electrons. The van der Waals surface area contributed by atoms with Crippen LogP contribution in [-0.4, -0.2) is 42.5 Å². The smallest absolute Gasteiger partial charge is 0.254 e. The van der Waals surface area contributed by atoms with E-state index in [0.717, 1.165) is 6.42 Å². The number of benzene rings is 1. The fourth-order valence-corrected chi connectivity index (χ4v) is 2.73. The Kier molecular flexibility index (Phi) is 5.55. The first-order chi connectivity index (χ1) is 10.5. The van der Waals surface area contributed by atoms with Crippen LogP contribution >= 0.6 is 0 Å². The van der Waals surface area contributed by atoms with Gasteiger partial charge in [-0.3, -0.25) is 9.59 Å². The van der Waals surface area contributed by atoms with Gasteiger partial charge in [0.15, 0.2) is 0 Å². The van der Waals surface area contributed by atoms with Crippen molar-refractivity contribution in [3.63, 3.8) is 0 Å². The van der Waals surface area contributed by atoms with E-state index >= 15 is 0 Å². The van der Waals surface area contributed by atoms with Crippen LogP contribution in [0.15, 0.2) is 24.3 Å². The molecule has 2 amide bonds. The van der Waals surface area contributed by atoms with Crippen LogP contribution in [-0.2, 0) is 9.53 Å². The summed E-state index contributed by atoms with van der Waals surface area (Å²) in [5.74, 6) is 0.428. The highest BCUT2D eigenvalue weighted by Crippen LogP contribution is 2.19. The predicted octanol–water partition coefficient (Wildman–Crippen LogP) is 2.53. The molecule has 1 aromatic carbocycles. The van der Waals surface area contributed by atoms with Crippen molar-refractivity contribution in [3.05, 3.63) is 29.8 Å². The molecule has 1 N–H and O–H groups in total. The molecular weight excluding hydrogens is 280 g/mol. The molecule has 120 valence electrons. The summed E-state index contributed by atoms with van der Waals surface area (Å²) < 4.78 is 5.52. The zero-order valence-corrected chi connectivity index (χ0v) is 13.5. The molecule has 1 aromatic rings. The average molecular weight is 304 g/mol. The molecule has 1 aliphatic heterocycles. The number of hydrogen-bond acceptors (Lipinski definition) is 3. The van der Waals surface area contributed by atoms with E-state index in [2.05, 4.69) is 19.2 Å². The monoisotopic (exact) mass is 304 g/mol. The van der Waals surface area contributed by atoms with E-state index in [1.165, 1.54) is 6.92 Å². The second-order valence-electron chi connectivity index (χ2n) is 6.12. The van der Waals surface area contributed by atoms with Crippen molar-refractivity contribution >= 4 is 17.5 Å². The van der Waals surface area contributed by atoms with Crippen LogP contribution in [0.2, 0.25) is 0 Å². The molecule has 1 atom stereocenters. The number of nitrogens with one attached hydrogen (secondary N) is 1. The SMILES string of the molecule is CC(=O)Nc1ccc(C(=O)N2CCOC[C@@H]2CC(C)C)cc1. The van der Waals surface area contributed by atoms with Crippen LogP contribution in [0.5, 0.6) is 0 Å². The van der Waals surface area contributed by atoms with Crippen molar-refractivity contribution in [1.82, 2.24) is 4.90 Å². The summed E-state index contributed by atoms with van der Waals surface area (Å²) in [7, 11) is 0. The molecule has 0 bridgehead atoms. The number of morpholine rings is 1. The Hall–Kier alpha value is -1.88. The summed E-state index contributed by atoms with van der Waals surface area (Å²) in [5, 5.41) is 2.70. The van der Waals surface area contributed by atoms with Crippen LogP contribution in [0, 0.1) is 5.92 Å². The minimum absolute atomic E-state index is 0.0309. The van der Waals surface area contributed by atoms with Crippen molar-refractivity contribution in [3.8, 4) is 0 Å². The maximum atomic E-state index is 12.7. The Morgan fingerprint density at radius 3 is 2.59 bits per heavy atom. The van der Waals surface area contributed by atoms with Gasteiger partial charge in [0.1, 0.15) is 0 Å². The zero-order valence-electron chi connectivity index (χ0n) is 13.5. The molecule has 2 rings (SSSR count). The third-order valence-electron chi connectivity index (χ3n) is 3.68. The molecule has 0 spiro atoms. The number of carbonyl (C=O) groups is 2. The summed E-state index contributed by atoms with van der Waals surface area (Å²) in [6.45, 7) is 7.59. The van der Waals surface area contributed by atoms with Gasteiger partial charge >= 0.3 is 0 Å². The second kappa shape index (κ2) is 7.40. The predicted molar refractivity (Wildman–Crippen MR) is 85.8 cm³/mol. The highest BCUT2D eigenvalue weighted by Gasteiger charge is 2.28. The van der Waals surface area contributed by atoms with E-state index in [9.17, 15) is 9.59 Å². The summed E-state index contributed by atoms with van der Waals surface area (Å²) >= 11 is 0. The Labute approximate surface area is 131 Å². The van der Waals surface area contributed by atoms with Crippen LogP contribution in [0.1, 0.15) is 37.6 Å². The molecule has 0 unspecified atom stereocenters. The molecule has 5 nitrogen and oxygen atoms in total. The second-order valence-corrected chi connectivity index (χ2v) is 6.12.